The summed E-state index contributed by atoms with van der Waals surface area (Å²) in [5.74, 6) is 0.723. The number of amides is 1. The van der Waals surface area contributed by atoms with Crippen molar-refractivity contribution in [1.82, 2.24) is 20.1 Å². The van der Waals surface area contributed by atoms with Crippen LogP contribution in [0.25, 0.3) is 5.69 Å². The fourth-order valence-electron chi connectivity index (χ4n) is 2.81. The molecule has 1 aromatic heterocycles. The lowest BCUT2D eigenvalue weighted by Crippen LogP contribution is -2.29. The van der Waals surface area contributed by atoms with Gasteiger partial charge in [-0.15, -0.1) is 10.2 Å². The van der Waals surface area contributed by atoms with E-state index in [2.05, 4.69) is 15.5 Å². The molecule has 4 rings (SSSR count). The topological polar surface area (TPSA) is 69.0 Å². The summed E-state index contributed by atoms with van der Waals surface area (Å²) in [4.78, 5) is 12.9. The second-order valence-electron chi connectivity index (χ2n) is 6.35. The largest absolute Gasteiger partial charge is 0.495 e. The highest BCUT2D eigenvalue weighted by Crippen LogP contribution is 2.37. The smallest absolute Gasteiger partial charge is 0.238 e. The molecule has 7 heteroatoms. The van der Waals surface area contributed by atoms with Gasteiger partial charge in [0.05, 0.1) is 12.8 Å². The van der Waals surface area contributed by atoms with Gasteiger partial charge in [0.2, 0.25) is 5.91 Å². The van der Waals surface area contributed by atoms with Gasteiger partial charge in [0.1, 0.15) is 17.3 Å². The third-order valence-electron chi connectivity index (χ3n) is 4.35. The first-order valence-corrected chi connectivity index (χ1v) is 9.69. The van der Waals surface area contributed by atoms with E-state index in [1.54, 1.807) is 13.4 Å². The van der Waals surface area contributed by atoms with Crippen LogP contribution in [-0.4, -0.2) is 33.8 Å². The Morgan fingerprint density at radius 3 is 2.67 bits per heavy atom. The van der Waals surface area contributed by atoms with Crippen LogP contribution in [-0.2, 0) is 4.79 Å². The van der Waals surface area contributed by atoms with Crippen LogP contribution in [0, 0.1) is 0 Å². The van der Waals surface area contributed by atoms with Crippen LogP contribution in [0.4, 0.5) is 0 Å². The third kappa shape index (κ3) is 3.98. The van der Waals surface area contributed by atoms with Gasteiger partial charge in [0.25, 0.3) is 0 Å². The first kappa shape index (κ1) is 17.6. The van der Waals surface area contributed by atoms with Crippen molar-refractivity contribution >= 4 is 17.7 Å². The molecule has 1 heterocycles. The second kappa shape index (κ2) is 7.84. The Kier molecular flexibility index (Phi) is 5.11. The van der Waals surface area contributed by atoms with Crippen molar-refractivity contribution in [1.29, 1.82) is 0 Å². The molecule has 0 aliphatic heterocycles. The van der Waals surface area contributed by atoms with E-state index in [1.807, 2.05) is 59.2 Å². The summed E-state index contributed by atoms with van der Waals surface area (Å²) in [6.45, 7) is 0. The second-order valence-corrected chi connectivity index (χ2v) is 7.42. The van der Waals surface area contributed by atoms with Gasteiger partial charge in [-0.05, 0) is 30.5 Å². The number of thioether (sulfide) groups is 1. The molecule has 1 saturated carbocycles. The highest BCUT2D eigenvalue weighted by Gasteiger charge is 2.30. The average Bonchev–Trinajstić information content (AvgIpc) is 3.40. The monoisotopic (exact) mass is 380 g/mol. The molecular formula is C20H20N4O2S. The van der Waals surface area contributed by atoms with Crippen LogP contribution in [0.15, 0.2) is 66.1 Å². The molecule has 1 aliphatic carbocycles. The third-order valence-corrected chi connectivity index (χ3v) is 5.56. The van der Waals surface area contributed by atoms with Gasteiger partial charge in [0.15, 0.2) is 5.16 Å². The van der Waals surface area contributed by atoms with Crippen LogP contribution in [0.5, 0.6) is 5.75 Å². The van der Waals surface area contributed by atoms with Gasteiger partial charge in [0, 0.05) is 6.04 Å². The number of para-hydroxylation sites is 2. The van der Waals surface area contributed by atoms with E-state index >= 15 is 0 Å². The fourth-order valence-corrected chi connectivity index (χ4v) is 3.84. The number of rotatable bonds is 7. The SMILES string of the molecule is COc1ccccc1-n1cnnc1SC(C(=O)NC1CC1)c1ccccc1. The number of hydrogen-bond donors (Lipinski definition) is 1. The Morgan fingerprint density at radius 1 is 1.19 bits per heavy atom. The Labute approximate surface area is 162 Å². The standard InChI is InChI=1S/C20H20N4O2S/c1-26-17-10-6-5-9-16(17)24-13-21-23-20(24)27-18(14-7-3-2-4-8-14)19(25)22-15-11-12-15/h2-10,13,15,18H,11-12H2,1H3,(H,22,25). The van der Waals surface area contributed by atoms with Crippen LogP contribution in [0.2, 0.25) is 0 Å². The van der Waals surface area contributed by atoms with E-state index in [-0.39, 0.29) is 5.91 Å². The van der Waals surface area contributed by atoms with E-state index in [0.29, 0.717) is 11.2 Å². The summed E-state index contributed by atoms with van der Waals surface area (Å²) in [7, 11) is 1.63. The molecule has 138 valence electrons. The maximum absolute atomic E-state index is 12.9. The number of carbonyl (C=O) groups is 1. The van der Waals surface area contributed by atoms with E-state index in [1.165, 1.54) is 11.8 Å². The van der Waals surface area contributed by atoms with Crippen LogP contribution >= 0.6 is 11.8 Å². The average molecular weight is 380 g/mol. The number of nitrogens with one attached hydrogen (secondary N) is 1. The van der Waals surface area contributed by atoms with E-state index in [9.17, 15) is 4.79 Å². The molecule has 1 aliphatic rings. The number of ether oxygens (including phenoxy) is 1. The van der Waals surface area contributed by atoms with E-state index in [0.717, 1.165) is 29.8 Å². The minimum absolute atomic E-state index is 0.00303. The molecule has 3 aromatic rings. The zero-order valence-corrected chi connectivity index (χ0v) is 15.7. The minimum atomic E-state index is -0.399. The van der Waals surface area contributed by atoms with Gasteiger partial charge in [-0.2, -0.15) is 0 Å². The molecule has 0 bridgehead atoms. The van der Waals surface area contributed by atoms with Gasteiger partial charge in [-0.1, -0.05) is 54.2 Å². The first-order valence-electron chi connectivity index (χ1n) is 8.81. The molecule has 1 unspecified atom stereocenters. The summed E-state index contributed by atoms with van der Waals surface area (Å²) in [5.41, 5.74) is 1.78. The lowest BCUT2D eigenvalue weighted by molar-refractivity contribution is -0.120. The summed E-state index contributed by atoms with van der Waals surface area (Å²) in [5, 5.41) is 11.7. The summed E-state index contributed by atoms with van der Waals surface area (Å²) in [6, 6.07) is 17.7. The summed E-state index contributed by atoms with van der Waals surface area (Å²) >= 11 is 1.39. The van der Waals surface area contributed by atoms with Gasteiger partial charge in [-0.3, -0.25) is 9.36 Å². The van der Waals surface area contributed by atoms with Crippen molar-refractivity contribution in [3.8, 4) is 11.4 Å². The van der Waals surface area contributed by atoms with Crippen LogP contribution in [0.1, 0.15) is 23.7 Å². The van der Waals surface area contributed by atoms with Gasteiger partial charge in [-0.25, -0.2) is 0 Å². The van der Waals surface area contributed by atoms with Crippen molar-refractivity contribution in [2.75, 3.05) is 7.11 Å². The highest BCUT2D eigenvalue weighted by atomic mass is 32.2. The van der Waals surface area contributed by atoms with Crippen LogP contribution < -0.4 is 10.1 Å². The molecule has 27 heavy (non-hydrogen) atoms. The number of benzene rings is 2. The minimum Gasteiger partial charge on any atom is -0.495 e. The quantitative estimate of drug-likeness (QED) is 0.637. The summed E-state index contributed by atoms with van der Waals surface area (Å²) < 4.78 is 7.31. The van der Waals surface area contributed by atoms with Crippen molar-refractivity contribution in [3.05, 3.63) is 66.5 Å². The maximum atomic E-state index is 12.9. The zero-order valence-electron chi connectivity index (χ0n) is 14.9. The number of hydrogen-bond acceptors (Lipinski definition) is 5. The van der Waals surface area contributed by atoms with E-state index in [4.69, 9.17) is 4.74 Å². The number of carbonyl (C=O) groups excluding carboxylic acids is 1. The number of aromatic nitrogens is 3. The molecule has 0 saturated heterocycles. The van der Waals surface area contributed by atoms with Crippen molar-refractivity contribution < 1.29 is 9.53 Å². The fraction of sp³-hybridized carbons (Fsp3) is 0.250. The molecule has 1 N–H and O–H groups in total. The Bertz CT molecular complexity index is 924. The maximum Gasteiger partial charge on any atom is 0.238 e. The predicted octanol–water partition coefficient (Wildman–Crippen LogP) is 3.39. The van der Waals surface area contributed by atoms with Gasteiger partial charge >= 0.3 is 0 Å². The molecule has 0 radical (unpaired) electrons. The number of nitrogens with zero attached hydrogens (tertiary/aromatic N) is 3. The zero-order chi connectivity index (χ0) is 18.6. The molecule has 0 spiro atoms. The van der Waals surface area contributed by atoms with E-state index < -0.39 is 5.25 Å². The Hall–Kier alpha value is -2.80. The predicted molar refractivity (Wildman–Crippen MR) is 104 cm³/mol. The molecular weight excluding hydrogens is 360 g/mol. The van der Waals surface area contributed by atoms with Crippen molar-refractivity contribution in [2.24, 2.45) is 0 Å². The Balaban J connectivity index is 1.66. The summed E-state index contributed by atoms with van der Waals surface area (Å²) in [6.07, 6.45) is 3.74. The molecule has 6 nitrogen and oxygen atoms in total. The first-order chi connectivity index (χ1) is 13.3. The molecule has 1 amide bonds. The van der Waals surface area contributed by atoms with Gasteiger partial charge < -0.3 is 10.1 Å². The normalized spacial score (nSPS) is 14.6. The molecule has 1 atom stereocenters. The Morgan fingerprint density at radius 2 is 1.93 bits per heavy atom. The van der Waals surface area contributed by atoms with Crippen LogP contribution in [0.3, 0.4) is 0 Å². The van der Waals surface area contributed by atoms with Crippen molar-refractivity contribution in [3.63, 3.8) is 0 Å². The lowest BCUT2D eigenvalue weighted by atomic mass is 10.1. The lowest BCUT2D eigenvalue weighted by Gasteiger charge is -2.17. The number of methoxy groups -OCH3 is 1. The highest BCUT2D eigenvalue weighted by molar-refractivity contribution is 8.00. The molecule has 2 aromatic carbocycles. The van der Waals surface area contributed by atoms with Crippen molar-refractivity contribution in [2.45, 2.75) is 29.3 Å². The molecule has 1 fully saturated rings.